The van der Waals surface area contributed by atoms with Gasteiger partial charge < -0.3 is 15.4 Å². The largest absolute Gasteiger partial charge is 0.368 e. The summed E-state index contributed by atoms with van der Waals surface area (Å²) in [6, 6.07) is 1.87. The molecule has 0 bridgehead atoms. The van der Waals surface area contributed by atoms with Gasteiger partial charge in [0.05, 0.1) is 11.9 Å². The molecular weight excluding hydrogens is 230 g/mol. The van der Waals surface area contributed by atoms with Crippen LogP contribution in [0.2, 0.25) is 0 Å². The highest BCUT2D eigenvalue weighted by Crippen LogP contribution is 2.25. The Morgan fingerprint density at radius 2 is 2.22 bits per heavy atom. The quantitative estimate of drug-likeness (QED) is 0.842. The van der Waals surface area contributed by atoms with E-state index in [0.29, 0.717) is 12.8 Å². The second-order valence-electron chi connectivity index (χ2n) is 4.59. The van der Waals surface area contributed by atoms with Crippen LogP contribution in [0.25, 0.3) is 0 Å². The highest BCUT2D eigenvalue weighted by Gasteiger charge is 2.39. The summed E-state index contributed by atoms with van der Waals surface area (Å²) in [5.74, 6) is -0.0809. The van der Waals surface area contributed by atoms with Gasteiger partial charge in [0.25, 0.3) is 5.91 Å². The summed E-state index contributed by atoms with van der Waals surface area (Å²) >= 11 is 0. The van der Waals surface area contributed by atoms with Gasteiger partial charge in [-0.15, -0.1) is 0 Å². The lowest BCUT2D eigenvalue weighted by Crippen LogP contribution is -2.51. The predicted molar refractivity (Wildman–Crippen MR) is 69.4 cm³/mol. The zero-order chi connectivity index (χ0) is 13.0. The molecule has 0 aliphatic carbocycles. The molecule has 0 radical (unpaired) electrons. The first-order valence-electron chi connectivity index (χ1n) is 6.16. The number of aromatic nitrogens is 1. The van der Waals surface area contributed by atoms with Gasteiger partial charge >= 0.3 is 0 Å². The molecule has 0 spiro atoms. The fourth-order valence-electron chi connectivity index (χ4n) is 2.19. The Hall–Kier alpha value is -1.46. The number of piperidine rings is 1. The first-order valence-corrected chi connectivity index (χ1v) is 6.16. The van der Waals surface area contributed by atoms with E-state index in [9.17, 15) is 4.79 Å². The van der Waals surface area contributed by atoms with E-state index in [1.54, 1.807) is 19.5 Å². The van der Waals surface area contributed by atoms with E-state index in [1.807, 2.05) is 13.0 Å². The van der Waals surface area contributed by atoms with Crippen molar-refractivity contribution in [2.75, 3.05) is 25.5 Å². The van der Waals surface area contributed by atoms with Gasteiger partial charge in [0, 0.05) is 13.3 Å². The zero-order valence-corrected chi connectivity index (χ0v) is 10.8. The van der Waals surface area contributed by atoms with Crippen molar-refractivity contribution in [3.8, 4) is 0 Å². The number of amides is 1. The van der Waals surface area contributed by atoms with Gasteiger partial charge in [-0.25, -0.2) is 0 Å². The van der Waals surface area contributed by atoms with E-state index < -0.39 is 5.60 Å². The number of carbonyl (C=O) groups is 1. The van der Waals surface area contributed by atoms with E-state index in [1.165, 1.54) is 0 Å². The minimum atomic E-state index is -0.715. The van der Waals surface area contributed by atoms with Crippen molar-refractivity contribution in [1.29, 1.82) is 0 Å². The number of ether oxygens (including phenoxy) is 1. The van der Waals surface area contributed by atoms with E-state index in [4.69, 9.17) is 4.74 Å². The van der Waals surface area contributed by atoms with Gasteiger partial charge in [-0.1, -0.05) is 0 Å². The molecule has 1 amide bonds. The van der Waals surface area contributed by atoms with Crippen LogP contribution in [0.4, 0.5) is 5.69 Å². The summed E-state index contributed by atoms with van der Waals surface area (Å²) in [6.07, 6.45) is 4.75. The number of nitrogens with one attached hydrogen (secondary N) is 2. The molecule has 0 saturated carbocycles. The topological polar surface area (TPSA) is 63.2 Å². The van der Waals surface area contributed by atoms with Crippen molar-refractivity contribution in [2.24, 2.45) is 0 Å². The monoisotopic (exact) mass is 249 g/mol. The SMILES string of the molecule is COC1(C(=O)Nc2cnccc2C)CCNCC1. The number of methoxy groups -OCH3 is 1. The summed E-state index contributed by atoms with van der Waals surface area (Å²) in [5, 5.41) is 6.15. The van der Waals surface area contributed by atoms with Gasteiger partial charge in [-0.2, -0.15) is 0 Å². The van der Waals surface area contributed by atoms with Crippen LogP contribution in [0.15, 0.2) is 18.5 Å². The predicted octanol–water partition coefficient (Wildman–Crippen LogP) is 1.10. The van der Waals surface area contributed by atoms with Crippen LogP contribution in [0.5, 0.6) is 0 Å². The number of anilines is 1. The molecule has 1 aromatic heterocycles. The molecule has 2 rings (SSSR count). The Kier molecular flexibility index (Phi) is 3.93. The summed E-state index contributed by atoms with van der Waals surface area (Å²) in [6.45, 7) is 3.54. The van der Waals surface area contributed by atoms with Gasteiger partial charge in [-0.3, -0.25) is 9.78 Å². The van der Waals surface area contributed by atoms with Crippen LogP contribution in [0.3, 0.4) is 0 Å². The molecule has 1 aromatic rings. The summed E-state index contributed by atoms with van der Waals surface area (Å²) in [5.41, 5.74) is 1.03. The number of hydrogen-bond acceptors (Lipinski definition) is 4. The van der Waals surface area contributed by atoms with Crippen molar-refractivity contribution in [2.45, 2.75) is 25.4 Å². The van der Waals surface area contributed by atoms with Gasteiger partial charge in [0.15, 0.2) is 0 Å². The molecule has 0 atom stereocenters. The maximum absolute atomic E-state index is 12.4. The summed E-state index contributed by atoms with van der Waals surface area (Å²) < 4.78 is 5.48. The van der Waals surface area contributed by atoms with Crippen LogP contribution >= 0.6 is 0 Å². The smallest absolute Gasteiger partial charge is 0.256 e. The molecule has 98 valence electrons. The number of carbonyl (C=O) groups excluding carboxylic acids is 1. The molecule has 0 aromatic carbocycles. The summed E-state index contributed by atoms with van der Waals surface area (Å²) in [7, 11) is 1.60. The fraction of sp³-hybridized carbons (Fsp3) is 0.538. The highest BCUT2D eigenvalue weighted by atomic mass is 16.5. The van der Waals surface area contributed by atoms with Crippen LogP contribution < -0.4 is 10.6 Å². The van der Waals surface area contributed by atoms with E-state index in [0.717, 1.165) is 24.3 Å². The second kappa shape index (κ2) is 5.46. The molecule has 0 unspecified atom stereocenters. The van der Waals surface area contributed by atoms with Gasteiger partial charge in [-0.05, 0) is 44.5 Å². The molecule has 1 aliphatic rings. The lowest BCUT2D eigenvalue weighted by Gasteiger charge is -2.34. The number of aryl methyl sites for hydroxylation is 1. The zero-order valence-electron chi connectivity index (χ0n) is 10.8. The van der Waals surface area contributed by atoms with Crippen LogP contribution in [-0.2, 0) is 9.53 Å². The van der Waals surface area contributed by atoms with Gasteiger partial charge in [0.2, 0.25) is 0 Å². The lowest BCUT2D eigenvalue weighted by atomic mass is 9.91. The van der Waals surface area contributed by atoms with Crippen molar-refractivity contribution in [3.05, 3.63) is 24.0 Å². The first kappa shape index (κ1) is 13.0. The fourth-order valence-corrected chi connectivity index (χ4v) is 2.19. The van der Waals surface area contributed by atoms with Crippen LogP contribution in [0.1, 0.15) is 18.4 Å². The maximum Gasteiger partial charge on any atom is 0.256 e. The second-order valence-corrected chi connectivity index (χ2v) is 4.59. The van der Waals surface area contributed by atoms with Crippen molar-refractivity contribution in [1.82, 2.24) is 10.3 Å². The Labute approximate surface area is 107 Å². The molecule has 5 heteroatoms. The number of rotatable bonds is 3. The van der Waals surface area contributed by atoms with Gasteiger partial charge in [0.1, 0.15) is 5.60 Å². The van der Waals surface area contributed by atoms with Crippen LogP contribution in [-0.4, -0.2) is 36.7 Å². The molecule has 1 saturated heterocycles. The molecular formula is C13H19N3O2. The van der Waals surface area contributed by atoms with E-state index in [-0.39, 0.29) is 5.91 Å². The van der Waals surface area contributed by atoms with Crippen molar-refractivity contribution < 1.29 is 9.53 Å². The molecule has 1 fully saturated rings. The number of hydrogen-bond donors (Lipinski definition) is 2. The van der Waals surface area contributed by atoms with Crippen molar-refractivity contribution >= 4 is 11.6 Å². The summed E-state index contributed by atoms with van der Waals surface area (Å²) in [4.78, 5) is 16.4. The minimum Gasteiger partial charge on any atom is -0.368 e. The first-order chi connectivity index (χ1) is 8.68. The Morgan fingerprint density at radius 3 is 2.83 bits per heavy atom. The Morgan fingerprint density at radius 1 is 1.50 bits per heavy atom. The highest BCUT2D eigenvalue weighted by molar-refractivity contribution is 5.97. The van der Waals surface area contributed by atoms with Crippen LogP contribution in [0, 0.1) is 6.92 Å². The maximum atomic E-state index is 12.4. The molecule has 2 N–H and O–H groups in total. The average molecular weight is 249 g/mol. The third-order valence-electron chi connectivity index (χ3n) is 3.50. The normalized spacial score (nSPS) is 18.3. The third-order valence-corrected chi connectivity index (χ3v) is 3.50. The standard InChI is InChI=1S/C13H19N3O2/c1-10-3-6-15-9-11(10)16-12(17)13(18-2)4-7-14-8-5-13/h3,6,9,14H,4-5,7-8H2,1-2H3,(H,16,17). The lowest BCUT2D eigenvalue weighted by molar-refractivity contribution is -0.140. The third kappa shape index (κ3) is 2.52. The molecule has 2 heterocycles. The number of nitrogens with zero attached hydrogens (tertiary/aromatic N) is 1. The molecule has 5 nitrogen and oxygen atoms in total. The van der Waals surface area contributed by atoms with E-state index in [2.05, 4.69) is 15.6 Å². The average Bonchev–Trinajstić information content (AvgIpc) is 2.42. The molecule has 1 aliphatic heterocycles. The Bertz CT molecular complexity index is 428. The van der Waals surface area contributed by atoms with E-state index >= 15 is 0 Å². The Balaban J connectivity index is 2.13. The molecule has 18 heavy (non-hydrogen) atoms. The number of pyridine rings is 1. The minimum absolute atomic E-state index is 0.0809. The van der Waals surface area contributed by atoms with Crippen molar-refractivity contribution in [3.63, 3.8) is 0 Å².